The lowest BCUT2D eigenvalue weighted by Crippen LogP contribution is -2.38. The van der Waals surface area contributed by atoms with E-state index in [0.717, 1.165) is 23.9 Å². The van der Waals surface area contributed by atoms with E-state index >= 15 is 0 Å². The molecule has 0 bridgehead atoms. The Kier molecular flexibility index (Phi) is 5.33. The summed E-state index contributed by atoms with van der Waals surface area (Å²) in [5.41, 5.74) is 2.89. The maximum absolute atomic E-state index is 12.7. The molecular weight excluding hydrogens is 370 g/mol. The molecule has 29 heavy (non-hydrogen) atoms. The van der Waals surface area contributed by atoms with Gasteiger partial charge in [0.05, 0.1) is 0 Å². The van der Waals surface area contributed by atoms with E-state index in [4.69, 9.17) is 4.42 Å². The first kappa shape index (κ1) is 18.8. The number of fused-ring (bicyclic) bond motifs is 1. The monoisotopic (exact) mass is 393 g/mol. The van der Waals surface area contributed by atoms with E-state index < -0.39 is 0 Å². The van der Waals surface area contributed by atoms with Gasteiger partial charge in [0, 0.05) is 37.4 Å². The number of amides is 3. The summed E-state index contributed by atoms with van der Waals surface area (Å²) in [6, 6.07) is 15.1. The van der Waals surface area contributed by atoms with Gasteiger partial charge in [-0.05, 0) is 43.2 Å². The largest absolute Gasteiger partial charge is 0.423 e. The molecule has 1 aliphatic rings. The van der Waals surface area contributed by atoms with Crippen molar-refractivity contribution in [1.82, 2.24) is 10.3 Å². The Labute approximate surface area is 168 Å². The Morgan fingerprint density at radius 1 is 1.03 bits per heavy atom. The SMILES string of the molecule is CNC(=O)Nc1cccc(NC(=O)C2CCN(c3nc4ccccc4o3)CC2)c1. The Bertz CT molecular complexity index is 991. The molecule has 0 aliphatic carbocycles. The lowest BCUT2D eigenvalue weighted by molar-refractivity contribution is -0.120. The Balaban J connectivity index is 1.34. The van der Waals surface area contributed by atoms with Crippen LogP contribution in [-0.2, 0) is 4.79 Å². The number of para-hydroxylation sites is 2. The fraction of sp³-hybridized carbons (Fsp3) is 0.286. The smallest absolute Gasteiger partial charge is 0.318 e. The summed E-state index contributed by atoms with van der Waals surface area (Å²) in [4.78, 5) is 30.7. The molecular formula is C21H23N5O3. The van der Waals surface area contributed by atoms with Crippen molar-refractivity contribution in [3.8, 4) is 0 Å². The molecule has 0 unspecified atom stereocenters. The number of hydrogen-bond donors (Lipinski definition) is 3. The number of oxazole rings is 1. The van der Waals surface area contributed by atoms with Gasteiger partial charge in [-0.15, -0.1) is 0 Å². The predicted molar refractivity (Wildman–Crippen MR) is 112 cm³/mol. The van der Waals surface area contributed by atoms with Crippen LogP contribution in [0.2, 0.25) is 0 Å². The van der Waals surface area contributed by atoms with E-state index in [-0.39, 0.29) is 17.9 Å². The molecule has 0 atom stereocenters. The van der Waals surface area contributed by atoms with Crippen LogP contribution in [-0.4, -0.2) is 37.1 Å². The highest BCUT2D eigenvalue weighted by Crippen LogP contribution is 2.27. The molecule has 3 aromatic rings. The number of nitrogens with zero attached hydrogens (tertiary/aromatic N) is 2. The van der Waals surface area contributed by atoms with Crippen molar-refractivity contribution in [3.63, 3.8) is 0 Å². The third-order valence-corrected chi connectivity index (χ3v) is 5.03. The summed E-state index contributed by atoms with van der Waals surface area (Å²) >= 11 is 0. The summed E-state index contributed by atoms with van der Waals surface area (Å²) in [5, 5.41) is 8.14. The fourth-order valence-corrected chi connectivity index (χ4v) is 3.44. The second-order valence-electron chi connectivity index (χ2n) is 7.00. The number of hydrogen-bond acceptors (Lipinski definition) is 5. The van der Waals surface area contributed by atoms with Crippen LogP contribution in [0.25, 0.3) is 11.1 Å². The van der Waals surface area contributed by atoms with Gasteiger partial charge in [0.25, 0.3) is 6.01 Å². The first-order valence-electron chi connectivity index (χ1n) is 9.62. The van der Waals surface area contributed by atoms with Crippen LogP contribution in [0.3, 0.4) is 0 Å². The van der Waals surface area contributed by atoms with Crippen LogP contribution >= 0.6 is 0 Å². The minimum Gasteiger partial charge on any atom is -0.423 e. The molecule has 0 saturated carbocycles. The molecule has 0 radical (unpaired) electrons. The van der Waals surface area contributed by atoms with E-state index in [9.17, 15) is 9.59 Å². The number of aromatic nitrogens is 1. The molecule has 1 aliphatic heterocycles. The zero-order valence-corrected chi connectivity index (χ0v) is 16.1. The highest BCUT2D eigenvalue weighted by Gasteiger charge is 2.27. The van der Waals surface area contributed by atoms with Crippen molar-refractivity contribution >= 4 is 40.4 Å². The number of benzene rings is 2. The summed E-state index contributed by atoms with van der Waals surface area (Å²) in [5.74, 6) is -0.0921. The van der Waals surface area contributed by atoms with Crippen LogP contribution in [0, 0.1) is 5.92 Å². The van der Waals surface area contributed by atoms with Crippen LogP contribution in [0.4, 0.5) is 22.2 Å². The average molecular weight is 393 g/mol. The van der Waals surface area contributed by atoms with E-state index in [1.807, 2.05) is 24.3 Å². The third kappa shape index (κ3) is 4.31. The van der Waals surface area contributed by atoms with Gasteiger partial charge in [-0.25, -0.2) is 4.79 Å². The number of urea groups is 1. The highest BCUT2D eigenvalue weighted by atomic mass is 16.4. The molecule has 3 amide bonds. The van der Waals surface area contributed by atoms with Crippen LogP contribution in [0.1, 0.15) is 12.8 Å². The zero-order valence-electron chi connectivity index (χ0n) is 16.1. The quantitative estimate of drug-likeness (QED) is 0.631. The molecule has 4 rings (SSSR count). The number of carbonyl (C=O) groups is 2. The number of carbonyl (C=O) groups excluding carboxylic acids is 2. The molecule has 3 N–H and O–H groups in total. The van der Waals surface area contributed by atoms with Gasteiger partial charge in [-0.1, -0.05) is 18.2 Å². The summed E-state index contributed by atoms with van der Waals surface area (Å²) in [7, 11) is 1.55. The normalized spacial score (nSPS) is 14.6. The van der Waals surface area contributed by atoms with Crippen LogP contribution in [0.15, 0.2) is 52.9 Å². The van der Waals surface area contributed by atoms with Crippen molar-refractivity contribution in [2.45, 2.75) is 12.8 Å². The molecule has 2 aromatic carbocycles. The van der Waals surface area contributed by atoms with E-state index in [1.54, 1.807) is 31.3 Å². The van der Waals surface area contributed by atoms with Crippen LogP contribution in [0.5, 0.6) is 0 Å². The van der Waals surface area contributed by atoms with Crippen molar-refractivity contribution in [2.24, 2.45) is 5.92 Å². The Hall–Kier alpha value is -3.55. The lowest BCUT2D eigenvalue weighted by atomic mass is 9.96. The number of anilines is 3. The van der Waals surface area contributed by atoms with Gasteiger partial charge in [-0.3, -0.25) is 4.79 Å². The standard InChI is InChI=1S/C21H23N5O3/c1-22-20(28)24-16-6-4-5-15(13-16)23-19(27)14-9-11-26(12-10-14)21-25-17-7-2-3-8-18(17)29-21/h2-8,13-14H,9-12H2,1H3,(H,23,27)(H2,22,24,28). The number of rotatable bonds is 4. The van der Waals surface area contributed by atoms with E-state index in [0.29, 0.717) is 30.5 Å². The lowest BCUT2D eigenvalue weighted by Gasteiger charge is -2.30. The predicted octanol–water partition coefficient (Wildman–Crippen LogP) is 3.43. The van der Waals surface area contributed by atoms with Crippen molar-refractivity contribution in [2.75, 3.05) is 35.7 Å². The van der Waals surface area contributed by atoms with E-state index in [2.05, 4.69) is 25.8 Å². The van der Waals surface area contributed by atoms with E-state index in [1.165, 1.54) is 0 Å². The maximum Gasteiger partial charge on any atom is 0.318 e. The summed E-state index contributed by atoms with van der Waals surface area (Å²) < 4.78 is 5.83. The Morgan fingerprint density at radius 3 is 2.48 bits per heavy atom. The number of nitrogens with one attached hydrogen (secondary N) is 3. The molecule has 2 heterocycles. The van der Waals surface area contributed by atoms with Crippen molar-refractivity contribution in [3.05, 3.63) is 48.5 Å². The van der Waals surface area contributed by atoms with Gasteiger partial charge in [0.1, 0.15) is 5.52 Å². The third-order valence-electron chi connectivity index (χ3n) is 5.03. The molecule has 1 saturated heterocycles. The molecule has 8 nitrogen and oxygen atoms in total. The second-order valence-corrected chi connectivity index (χ2v) is 7.00. The van der Waals surface area contributed by atoms with Crippen molar-refractivity contribution < 1.29 is 14.0 Å². The molecule has 8 heteroatoms. The Morgan fingerprint density at radius 2 is 1.76 bits per heavy atom. The summed E-state index contributed by atoms with van der Waals surface area (Å²) in [6.07, 6.45) is 1.45. The molecule has 150 valence electrons. The topological polar surface area (TPSA) is 99.5 Å². The number of piperidine rings is 1. The second kappa shape index (κ2) is 8.22. The molecule has 1 fully saturated rings. The molecule has 0 spiro atoms. The zero-order chi connectivity index (χ0) is 20.2. The minimum atomic E-state index is -0.306. The molecule has 1 aromatic heterocycles. The van der Waals surface area contributed by atoms with Gasteiger partial charge in [0.15, 0.2) is 5.58 Å². The van der Waals surface area contributed by atoms with Gasteiger partial charge in [0.2, 0.25) is 5.91 Å². The van der Waals surface area contributed by atoms with Gasteiger partial charge in [-0.2, -0.15) is 4.98 Å². The first-order chi connectivity index (χ1) is 14.1. The van der Waals surface area contributed by atoms with Gasteiger partial charge >= 0.3 is 6.03 Å². The maximum atomic E-state index is 12.7. The van der Waals surface area contributed by atoms with Gasteiger partial charge < -0.3 is 25.3 Å². The minimum absolute atomic E-state index is 0.0145. The van der Waals surface area contributed by atoms with Crippen molar-refractivity contribution in [1.29, 1.82) is 0 Å². The summed E-state index contributed by atoms with van der Waals surface area (Å²) in [6.45, 7) is 1.42. The first-order valence-corrected chi connectivity index (χ1v) is 9.62. The fourth-order valence-electron chi connectivity index (χ4n) is 3.44. The highest BCUT2D eigenvalue weighted by molar-refractivity contribution is 5.94. The van der Waals surface area contributed by atoms with Crippen LogP contribution < -0.4 is 20.9 Å². The average Bonchev–Trinajstić information content (AvgIpc) is 3.18.